The molecule has 1 aromatic rings. The van der Waals surface area contributed by atoms with Crippen molar-refractivity contribution in [1.29, 1.82) is 0 Å². The molecule has 4 nitrogen and oxygen atoms in total. The molecule has 3 N–H and O–H groups in total. The van der Waals surface area contributed by atoms with Crippen molar-refractivity contribution in [3.63, 3.8) is 0 Å². The molecular weight excluding hydrogens is 294 g/mol. The molecule has 1 amide bonds. The highest BCUT2D eigenvalue weighted by Crippen LogP contribution is 2.40. The predicted molar refractivity (Wildman–Crippen MR) is 74.3 cm³/mol. The van der Waals surface area contributed by atoms with Crippen LogP contribution in [0.25, 0.3) is 0 Å². The second-order valence-electron chi connectivity index (χ2n) is 4.97. The normalized spacial score (nSPS) is 25.0. The smallest absolute Gasteiger partial charge is 0.246 e. The van der Waals surface area contributed by atoms with Crippen LogP contribution in [0.4, 0.5) is 5.69 Å². The first-order valence-electron chi connectivity index (χ1n) is 6.25. The van der Waals surface area contributed by atoms with Gasteiger partial charge in [0.15, 0.2) is 0 Å². The monoisotopic (exact) mass is 309 g/mol. The molecule has 1 fully saturated rings. The molecule has 0 bridgehead atoms. The maximum atomic E-state index is 12.2. The molecule has 0 saturated carbocycles. The summed E-state index contributed by atoms with van der Waals surface area (Å²) in [7, 11) is 0. The zero-order chi connectivity index (χ0) is 12.7. The number of amides is 1. The zero-order valence-electron chi connectivity index (χ0n) is 10.0. The van der Waals surface area contributed by atoms with E-state index in [1.54, 1.807) is 0 Å². The van der Waals surface area contributed by atoms with Gasteiger partial charge in [-0.1, -0.05) is 22.0 Å². The number of carbonyl (C=O) groups excluding carboxylic acids is 1. The zero-order valence-corrected chi connectivity index (χ0v) is 11.6. The van der Waals surface area contributed by atoms with Crippen molar-refractivity contribution >= 4 is 27.5 Å². The van der Waals surface area contributed by atoms with Gasteiger partial charge in [0.05, 0.1) is 0 Å². The Balaban J connectivity index is 1.92. The Morgan fingerprint density at radius 1 is 1.33 bits per heavy atom. The van der Waals surface area contributed by atoms with Gasteiger partial charge in [0.25, 0.3) is 0 Å². The van der Waals surface area contributed by atoms with Crippen LogP contribution in [0.1, 0.15) is 24.4 Å². The van der Waals surface area contributed by atoms with E-state index in [9.17, 15) is 4.79 Å². The van der Waals surface area contributed by atoms with Crippen molar-refractivity contribution < 1.29 is 4.79 Å². The third-order valence-corrected chi connectivity index (χ3v) is 4.46. The first kappa shape index (κ1) is 12.1. The Labute approximate surface area is 115 Å². The summed E-state index contributed by atoms with van der Waals surface area (Å²) in [5.74, 6) is 0.0763. The van der Waals surface area contributed by atoms with Crippen LogP contribution in [-0.2, 0) is 4.79 Å². The molecule has 2 aliphatic heterocycles. The Morgan fingerprint density at radius 3 is 2.78 bits per heavy atom. The van der Waals surface area contributed by atoms with Gasteiger partial charge < -0.3 is 11.1 Å². The average Bonchev–Trinajstić information content (AvgIpc) is 2.68. The van der Waals surface area contributed by atoms with E-state index in [4.69, 9.17) is 5.73 Å². The average molecular weight is 310 g/mol. The number of nitrogens with zero attached hydrogens (tertiary/aromatic N) is 1. The summed E-state index contributed by atoms with van der Waals surface area (Å²) < 4.78 is 0.998. The minimum absolute atomic E-state index is 0.0763. The summed E-state index contributed by atoms with van der Waals surface area (Å²) in [6.07, 6.45) is 1.92. The van der Waals surface area contributed by atoms with Gasteiger partial charge in [0.2, 0.25) is 5.91 Å². The van der Waals surface area contributed by atoms with E-state index in [-0.39, 0.29) is 18.0 Å². The Kier molecular flexibility index (Phi) is 3.13. The number of halogens is 1. The van der Waals surface area contributed by atoms with Gasteiger partial charge in [-0.2, -0.15) is 0 Å². The third kappa shape index (κ3) is 1.96. The van der Waals surface area contributed by atoms with E-state index in [2.05, 4.69) is 26.1 Å². The highest BCUT2D eigenvalue weighted by molar-refractivity contribution is 9.10. The molecule has 0 aromatic heterocycles. The lowest BCUT2D eigenvalue weighted by Gasteiger charge is -2.33. The number of likely N-dealkylation sites (tertiary alicyclic amines) is 1. The number of hydrogen-bond donors (Lipinski definition) is 2. The van der Waals surface area contributed by atoms with Crippen molar-refractivity contribution in [3.05, 3.63) is 28.2 Å². The highest BCUT2D eigenvalue weighted by atomic mass is 79.9. The van der Waals surface area contributed by atoms with Gasteiger partial charge >= 0.3 is 0 Å². The van der Waals surface area contributed by atoms with Gasteiger partial charge in [-0.25, -0.2) is 0 Å². The molecule has 2 aliphatic rings. The summed E-state index contributed by atoms with van der Waals surface area (Å²) in [5.41, 5.74) is 7.91. The minimum Gasteiger partial charge on any atom is -0.328 e. The van der Waals surface area contributed by atoms with Gasteiger partial charge in [-0.15, -0.1) is 0 Å². The van der Waals surface area contributed by atoms with Gasteiger partial charge in [0.1, 0.15) is 6.04 Å². The molecule has 0 aliphatic carbocycles. The van der Waals surface area contributed by atoms with E-state index in [0.717, 1.165) is 41.7 Å². The first-order valence-corrected chi connectivity index (χ1v) is 7.05. The predicted octanol–water partition coefficient (Wildman–Crippen LogP) is 1.87. The topological polar surface area (TPSA) is 58.4 Å². The molecule has 18 heavy (non-hydrogen) atoms. The van der Waals surface area contributed by atoms with Gasteiger partial charge in [-0.05, 0) is 25.0 Å². The Hall–Kier alpha value is -0.910. The van der Waals surface area contributed by atoms with E-state index >= 15 is 0 Å². The van der Waals surface area contributed by atoms with Crippen LogP contribution in [0.5, 0.6) is 0 Å². The number of piperidine rings is 1. The lowest BCUT2D eigenvalue weighted by molar-refractivity contribution is -0.121. The quantitative estimate of drug-likeness (QED) is 0.832. The largest absolute Gasteiger partial charge is 0.328 e. The highest BCUT2D eigenvalue weighted by Gasteiger charge is 2.37. The van der Waals surface area contributed by atoms with Crippen molar-refractivity contribution in [2.45, 2.75) is 24.9 Å². The molecule has 3 rings (SSSR count). The number of hydrogen-bond acceptors (Lipinski definition) is 3. The van der Waals surface area contributed by atoms with E-state index in [1.165, 1.54) is 0 Å². The van der Waals surface area contributed by atoms with Crippen LogP contribution in [0.15, 0.2) is 22.7 Å². The fourth-order valence-corrected chi connectivity index (χ4v) is 3.37. The van der Waals surface area contributed by atoms with E-state index in [1.807, 2.05) is 18.2 Å². The number of nitrogens with two attached hydrogens (primary N) is 1. The molecule has 1 aromatic carbocycles. The lowest BCUT2D eigenvalue weighted by atomic mass is 10.0. The van der Waals surface area contributed by atoms with Crippen LogP contribution in [0, 0.1) is 0 Å². The van der Waals surface area contributed by atoms with Crippen LogP contribution in [0.3, 0.4) is 0 Å². The van der Waals surface area contributed by atoms with Crippen molar-refractivity contribution in [3.8, 4) is 0 Å². The maximum Gasteiger partial charge on any atom is 0.246 e. The summed E-state index contributed by atoms with van der Waals surface area (Å²) >= 11 is 3.55. The fourth-order valence-electron chi connectivity index (χ4n) is 2.78. The molecule has 1 saturated heterocycles. The second-order valence-corrected chi connectivity index (χ2v) is 5.82. The van der Waals surface area contributed by atoms with Crippen LogP contribution >= 0.6 is 15.9 Å². The molecule has 1 unspecified atom stereocenters. The van der Waals surface area contributed by atoms with Crippen LogP contribution in [-0.4, -0.2) is 29.9 Å². The molecule has 1 atom stereocenters. The Bertz CT molecular complexity index is 483. The molecule has 2 heterocycles. The third-order valence-electron chi connectivity index (χ3n) is 3.77. The van der Waals surface area contributed by atoms with Crippen molar-refractivity contribution in [2.24, 2.45) is 5.73 Å². The van der Waals surface area contributed by atoms with Crippen LogP contribution in [0.2, 0.25) is 0 Å². The van der Waals surface area contributed by atoms with Crippen LogP contribution < -0.4 is 11.1 Å². The van der Waals surface area contributed by atoms with Crippen molar-refractivity contribution in [1.82, 2.24) is 4.90 Å². The van der Waals surface area contributed by atoms with E-state index in [0.29, 0.717) is 0 Å². The molecule has 5 heteroatoms. The lowest BCUT2D eigenvalue weighted by Crippen LogP contribution is -2.43. The number of nitrogens with one attached hydrogen (secondary N) is 1. The summed E-state index contributed by atoms with van der Waals surface area (Å²) in [6.45, 7) is 1.78. The number of carbonyl (C=O) groups is 1. The standard InChI is InChI=1S/C13H16BrN3O/c14-9-2-1-3-10-11(9)12(13(18)16-10)17-6-4-8(15)5-7-17/h1-3,8,12H,4-7,15H2,(H,16,18). The molecular formula is C13H16BrN3O. The summed E-state index contributed by atoms with van der Waals surface area (Å²) in [4.78, 5) is 14.4. The fraction of sp³-hybridized carbons (Fsp3) is 0.462. The summed E-state index contributed by atoms with van der Waals surface area (Å²) in [5, 5.41) is 2.95. The number of anilines is 1. The molecule has 96 valence electrons. The summed E-state index contributed by atoms with van der Waals surface area (Å²) in [6, 6.07) is 6.00. The minimum atomic E-state index is -0.164. The van der Waals surface area contributed by atoms with Crippen molar-refractivity contribution in [2.75, 3.05) is 18.4 Å². The second kappa shape index (κ2) is 4.64. The first-order chi connectivity index (χ1) is 8.66. The van der Waals surface area contributed by atoms with E-state index < -0.39 is 0 Å². The number of rotatable bonds is 1. The SMILES string of the molecule is NC1CCN(C2C(=O)Nc3cccc(Br)c32)CC1. The molecule has 0 radical (unpaired) electrons. The number of benzene rings is 1. The number of fused-ring (bicyclic) bond motifs is 1. The molecule has 0 spiro atoms. The maximum absolute atomic E-state index is 12.2. The van der Waals surface area contributed by atoms with Gasteiger partial charge in [0, 0.05) is 34.9 Å². The Morgan fingerprint density at radius 2 is 2.06 bits per heavy atom. The van der Waals surface area contributed by atoms with Gasteiger partial charge in [-0.3, -0.25) is 9.69 Å².